The predicted octanol–water partition coefficient (Wildman–Crippen LogP) is 3.70. The zero-order valence-electron chi connectivity index (χ0n) is 16.7. The lowest BCUT2D eigenvalue weighted by Gasteiger charge is -2.19. The summed E-state index contributed by atoms with van der Waals surface area (Å²) in [5, 5.41) is 0. The van der Waals surface area contributed by atoms with Gasteiger partial charge >= 0.3 is 5.97 Å². The molecule has 1 fully saturated rings. The van der Waals surface area contributed by atoms with Gasteiger partial charge in [-0.05, 0) is 56.5 Å². The monoisotopic (exact) mass is 379 g/mol. The van der Waals surface area contributed by atoms with Gasteiger partial charge in [-0.2, -0.15) is 0 Å². The van der Waals surface area contributed by atoms with Gasteiger partial charge in [0.1, 0.15) is 0 Å². The average molecular weight is 379 g/mol. The number of amides is 1. The fourth-order valence-electron chi connectivity index (χ4n) is 3.46. The number of esters is 1. The molecule has 0 N–H and O–H groups in total. The van der Waals surface area contributed by atoms with E-state index in [0.29, 0.717) is 5.56 Å². The summed E-state index contributed by atoms with van der Waals surface area (Å²) in [7, 11) is 0. The van der Waals surface area contributed by atoms with Crippen LogP contribution in [-0.2, 0) is 14.3 Å². The third kappa shape index (κ3) is 4.14. The average Bonchev–Trinajstić information content (AvgIpc) is 3.03. The first-order valence-electron chi connectivity index (χ1n) is 9.41. The molecule has 3 rings (SSSR count). The minimum Gasteiger partial charge on any atom is -0.457 e. The molecule has 0 saturated carbocycles. The van der Waals surface area contributed by atoms with Crippen LogP contribution in [0.1, 0.15) is 39.0 Å². The highest BCUT2D eigenvalue weighted by Gasteiger charge is 2.36. The molecule has 5 heteroatoms. The van der Waals surface area contributed by atoms with Gasteiger partial charge in [-0.1, -0.05) is 29.8 Å². The lowest BCUT2D eigenvalue weighted by Crippen LogP contribution is -2.27. The summed E-state index contributed by atoms with van der Waals surface area (Å²) in [6.07, 6.45) is 0.101. The lowest BCUT2D eigenvalue weighted by atomic mass is 10.0. The number of hydrogen-bond donors (Lipinski definition) is 0. The molecule has 28 heavy (non-hydrogen) atoms. The fourth-order valence-corrected chi connectivity index (χ4v) is 3.46. The number of ether oxygens (including phenoxy) is 1. The number of anilines is 1. The Morgan fingerprint density at radius 1 is 1.00 bits per heavy atom. The lowest BCUT2D eigenvalue weighted by molar-refractivity contribution is -0.147. The normalized spacial score (nSPS) is 16.4. The van der Waals surface area contributed by atoms with Crippen molar-refractivity contribution in [3.05, 3.63) is 64.2 Å². The van der Waals surface area contributed by atoms with Crippen LogP contribution in [-0.4, -0.2) is 30.8 Å². The SMILES string of the molecule is Cc1ccc(N2C[C@@H](C(=O)OCC(=O)c3ccc(C)c(C)c3)CC2=O)c(C)c1. The number of carbonyl (C=O) groups excluding carboxylic acids is 3. The van der Waals surface area contributed by atoms with Gasteiger partial charge in [0.2, 0.25) is 5.91 Å². The van der Waals surface area contributed by atoms with E-state index >= 15 is 0 Å². The molecule has 0 unspecified atom stereocenters. The molecule has 0 bridgehead atoms. The Hall–Kier alpha value is -2.95. The molecule has 0 spiro atoms. The molecule has 1 amide bonds. The second-order valence-corrected chi connectivity index (χ2v) is 7.53. The molecule has 0 aromatic heterocycles. The zero-order valence-corrected chi connectivity index (χ0v) is 16.7. The van der Waals surface area contributed by atoms with Crippen molar-refractivity contribution in [2.75, 3.05) is 18.1 Å². The highest BCUT2D eigenvalue weighted by molar-refractivity contribution is 6.01. The fraction of sp³-hybridized carbons (Fsp3) is 0.348. The maximum Gasteiger partial charge on any atom is 0.311 e. The van der Waals surface area contributed by atoms with Crippen LogP contribution in [0, 0.1) is 33.6 Å². The number of carbonyl (C=O) groups is 3. The van der Waals surface area contributed by atoms with Gasteiger partial charge in [0.25, 0.3) is 0 Å². The Bertz CT molecular complexity index is 948. The van der Waals surface area contributed by atoms with Crippen molar-refractivity contribution < 1.29 is 19.1 Å². The van der Waals surface area contributed by atoms with E-state index in [-0.39, 0.29) is 31.3 Å². The highest BCUT2D eigenvalue weighted by atomic mass is 16.5. The first-order chi connectivity index (χ1) is 13.3. The van der Waals surface area contributed by atoms with Crippen LogP contribution in [0.15, 0.2) is 36.4 Å². The van der Waals surface area contributed by atoms with E-state index in [9.17, 15) is 14.4 Å². The molecule has 0 radical (unpaired) electrons. The molecular weight excluding hydrogens is 354 g/mol. The summed E-state index contributed by atoms with van der Waals surface area (Å²) >= 11 is 0. The number of Topliss-reactive ketones (excluding diaryl/α,β-unsaturated/α-hetero) is 1. The summed E-state index contributed by atoms with van der Waals surface area (Å²) in [6.45, 7) is 7.82. The van der Waals surface area contributed by atoms with Gasteiger partial charge in [-0.25, -0.2) is 0 Å². The molecule has 1 heterocycles. The third-order valence-electron chi connectivity index (χ3n) is 5.28. The Labute approximate surface area is 165 Å². The van der Waals surface area contributed by atoms with E-state index < -0.39 is 11.9 Å². The van der Waals surface area contributed by atoms with Crippen molar-refractivity contribution in [3.63, 3.8) is 0 Å². The molecule has 2 aromatic carbocycles. The molecule has 2 aromatic rings. The Morgan fingerprint density at radius 2 is 1.75 bits per heavy atom. The quantitative estimate of drug-likeness (QED) is 0.587. The van der Waals surface area contributed by atoms with Crippen LogP contribution in [0.5, 0.6) is 0 Å². The topological polar surface area (TPSA) is 63.7 Å². The van der Waals surface area contributed by atoms with Crippen molar-refractivity contribution in [1.29, 1.82) is 0 Å². The van der Waals surface area contributed by atoms with E-state index in [1.54, 1.807) is 17.0 Å². The Balaban J connectivity index is 1.61. The van der Waals surface area contributed by atoms with Crippen LogP contribution in [0.2, 0.25) is 0 Å². The van der Waals surface area contributed by atoms with Gasteiger partial charge in [0, 0.05) is 24.2 Å². The van der Waals surface area contributed by atoms with Crippen LogP contribution in [0.3, 0.4) is 0 Å². The van der Waals surface area contributed by atoms with E-state index in [0.717, 1.165) is 27.9 Å². The maximum absolute atomic E-state index is 12.4. The summed E-state index contributed by atoms with van der Waals surface area (Å²) < 4.78 is 5.23. The predicted molar refractivity (Wildman–Crippen MR) is 108 cm³/mol. The van der Waals surface area contributed by atoms with Crippen molar-refractivity contribution in [2.24, 2.45) is 5.92 Å². The largest absolute Gasteiger partial charge is 0.457 e. The number of rotatable bonds is 5. The number of ketones is 1. The second-order valence-electron chi connectivity index (χ2n) is 7.53. The van der Waals surface area contributed by atoms with Crippen LogP contribution >= 0.6 is 0 Å². The first kappa shape index (κ1) is 19.8. The number of nitrogens with zero attached hydrogens (tertiary/aromatic N) is 1. The molecule has 0 aliphatic carbocycles. The molecule has 1 atom stereocenters. The molecule has 5 nitrogen and oxygen atoms in total. The zero-order chi connectivity index (χ0) is 20.4. The van der Waals surface area contributed by atoms with Crippen molar-refractivity contribution in [3.8, 4) is 0 Å². The minimum absolute atomic E-state index is 0.101. The minimum atomic E-state index is -0.555. The van der Waals surface area contributed by atoms with Gasteiger partial charge in [-0.3, -0.25) is 14.4 Å². The van der Waals surface area contributed by atoms with Gasteiger partial charge in [0.05, 0.1) is 5.92 Å². The Kier molecular flexibility index (Phi) is 5.63. The van der Waals surface area contributed by atoms with E-state index in [4.69, 9.17) is 4.74 Å². The summed E-state index contributed by atoms with van der Waals surface area (Å²) in [6, 6.07) is 11.3. The molecular formula is C23H25NO4. The van der Waals surface area contributed by atoms with Crippen LogP contribution in [0.25, 0.3) is 0 Å². The highest BCUT2D eigenvalue weighted by Crippen LogP contribution is 2.29. The van der Waals surface area contributed by atoms with E-state index in [1.165, 1.54) is 0 Å². The molecule has 146 valence electrons. The molecule has 1 aliphatic heterocycles. The smallest absolute Gasteiger partial charge is 0.311 e. The first-order valence-corrected chi connectivity index (χ1v) is 9.41. The van der Waals surface area contributed by atoms with E-state index in [2.05, 4.69) is 0 Å². The van der Waals surface area contributed by atoms with Crippen molar-refractivity contribution in [2.45, 2.75) is 34.1 Å². The summed E-state index contributed by atoms with van der Waals surface area (Å²) in [5.41, 5.74) is 5.57. The van der Waals surface area contributed by atoms with Gasteiger partial charge in [-0.15, -0.1) is 0 Å². The van der Waals surface area contributed by atoms with E-state index in [1.807, 2.05) is 52.0 Å². The van der Waals surface area contributed by atoms with Crippen molar-refractivity contribution >= 4 is 23.3 Å². The maximum atomic E-state index is 12.4. The van der Waals surface area contributed by atoms with Crippen LogP contribution in [0.4, 0.5) is 5.69 Å². The third-order valence-corrected chi connectivity index (χ3v) is 5.28. The summed E-state index contributed by atoms with van der Waals surface area (Å²) in [5.74, 6) is -1.40. The number of aryl methyl sites for hydroxylation is 4. The van der Waals surface area contributed by atoms with Crippen LogP contribution < -0.4 is 4.90 Å². The molecule has 1 aliphatic rings. The molecule has 1 saturated heterocycles. The standard InChI is InChI=1S/C23H25NO4/c1-14-5-8-20(17(4)9-14)24-12-19(11-22(24)26)23(27)28-13-21(25)18-7-6-15(2)16(3)10-18/h5-10,19H,11-13H2,1-4H3/t19-/m0/s1. The summed E-state index contributed by atoms with van der Waals surface area (Å²) in [4.78, 5) is 38.7. The number of benzene rings is 2. The second kappa shape index (κ2) is 7.97. The number of hydrogen-bond acceptors (Lipinski definition) is 4. The Morgan fingerprint density at radius 3 is 2.43 bits per heavy atom. The van der Waals surface area contributed by atoms with Gasteiger partial charge < -0.3 is 9.64 Å². The van der Waals surface area contributed by atoms with Gasteiger partial charge in [0.15, 0.2) is 12.4 Å². The van der Waals surface area contributed by atoms with Crippen molar-refractivity contribution in [1.82, 2.24) is 0 Å².